The molecule has 21 heavy (non-hydrogen) atoms. The van der Waals surface area contributed by atoms with Crippen LogP contribution in [0.5, 0.6) is 0 Å². The van der Waals surface area contributed by atoms with Gasteiger partial charge in [-0.2, -0.15) is 0 Å². The average Bonchev–Trinajstić information content (AvgIpc) is 2.97. The number of benzene rings is 1. The maximum absolute atomic E-state index is 12.3. The third kappa shape index (κ3) is 4.37. The van der Waals surface area contributed by atoms with Gasteiger partial charge in [0.1, 0.15) is 0 Å². The topological polar surface area (TPSA) is 66.4 Å². The Balaban J connectivity index is 2.25. The van der Waals surface area contributed by atoms with Crippen molar-refractivity contribution in [3.63, 3.8) is 0 Å². The first-order chi connectivity index (χ1) is 10.0. The number of rotatable bonds is 4. The highest BCUT2D eigenvalue weighted by Crippen LogP contribution is 2.28. The summed E-state index contributed by atoms with van der Waals surface area (Å²) in [5.74, 6) is 5.63. The van der Waals surface area contributed by atoms with Crippen molar-refractivity contribution in [3.05, 3.63) is 28.8 Å². The number of halogens is 1. The van der Waals surface area contributed by atoms with Gasteiger partial charge in [-0.3, -0.25) is 4.72 Å². The Kier molecular flexibility index (Phi) is 5.51. The van der Waals surface area contributed by atoms with E-state index in [1.54, 1.807) is 18.2 Å². The summed E-state index contributed by atoms with van der Waals surface area (Å²) in [6, 6.07) is 4.88. The lowest BCUT2D eigenvalue weighted by molar-refractivity contribution is 0.305. The van der Waals surface area contributed by atoms with Gasteiger partial charge in [0.25, 0.3) is 0 Å². The minimum atomic E-state index is -3.39. The Morgan fingerprint density at radius 1 is 1.33 bits per heavy atom. The van der Waals surface area contributed by atoms with Gasteiger partial charge in [-0.05, 0) is 31.0 Å². The van der Waals surface area contributed by atoms with E-state index in [4.69, 9.17) is 16.7 Å². The van der Waals surface area contributed by atoms with Gasteiger partial charge >= 0.3 is 0 Å². The number of aliphatic hydroxyl groups excluding tert-OH is 1. The normalized spacial score (nSPS) is 15.5. The highest BCUT2D eigenvalue weighted by atomic mass is 35.5. The standard InChI is InChI=1S/C15H18ClNO3S/c16-13-8-9-15(12(11-13)5-3-4-10-18)17-21(19,20)14-6-1-2-7-14/h8-9,11,14,17-18H,1-2,4,6-7,10H2. The van der Waals surface area contributed by atoms with Crippen LogP contribution in [0.4, 0.5) is 5.69 Å². The molecule has 1 aromatic carbocycles. The summed E-state index contributed by atoms with van der Waals surface area (Å²) >= 11 is 5.93. The Hall–Kier alpha value is -1.22. The van der Waals surface area contributed by atoms with Crippen LogP contribution >= 0.6 is 11.6 Å². The molecule has 0 saturated heterocycles. The molecule has 1 saturated carbocycles. The lowest BCUT2D eigenvalue weighted by Crippen LogP contribution is -2.25. The first-order valence-electron chi connectivity index (χ1n) is 6.94. The zero-order valence-corrected chi connectivity index (χ0v) is 13.2. The molecule has 2 rings (SSSR count). The third-order valence-electron chi connectivity index (χ3n) is 3.43. The molecule has 0 bridgehead atoms. The van der Waals surface area contributed by atoms with E-state index in [0.29, 0.717) is 35.5 Å². The zero-order chi connectivity index (χ0) is 15.3. The SMILES string of the molecule is O=S(=O)(Nc1ccc(Cl)cc1C#CCCO)C1CCCC1. The van der Waals surface area contributed by atoms with Crippen molar-refractivity contribution in [2.75, 3.05) is 11.3 Å². The molecule has 0 atom stereocenters. The van der Waals surface area contributed by atoms with Crippen LogP contribution in [0.3, 0.4) is 0 Å². The smallest absolute Gasteiger partial charge is 0.235 e. The lowest BCUT2D eigenvalue weighted by Gasteiger charge is -2.14. The molecule has 4 nitrogen and oxygen atoms in total. The van der Waals surface area contributed by atoms with Gasteiger partial charge in [0, 0.05) is 11.4 Å². The second kappa shape index (κ2) is 7.17. The lowest BCUT2D eigenvalue weighted by atomic mass is 10.2. The Morgan fingerprint density at radius 3 is 2.71 bits per heavy atom. The van der Waals surface area contributed by atoms with E-state index in [0.717, 1.165) is 12.8 Å². The minimum absolute atomic E-state index is 0.0311. The number of aliphatic hydroxyl groups is 1. The number of anilines is 1. The summed E-state index contributed by atoms with van der Waals surface area (Å²) in [4.78, 5) is 0. The Labute approximate surface area is 130 Å². The second-order valence-corrected chi connectivity index (χ2v) is 7.42. The van der Waals surface area contributed by atoms with Crippen LogP contribution in [0.25, 0.3) is 0 Å². The first-order valence-corrected chi connectivity index (χ1v) is 8.86. The van der Waals surface area contributed by atoms with Crippen molar-refractivity contribution >= 4 is 27.3 Å². The van der Waals surface area contributed by atoms with Gasteiger partial charge in [0.2, 0.25) is 10.0 Å². The van der Waals surface area contributed by atoms with Crippen LogP contribution in [0.2, 0.25) is 5.02 Å². The fraction of sp³-hybridized carbons (Fsp3) is 0.467. The molecule has 0 unspecified atom stereocenters. The Bertz CT molecular complexity index is 655. The van der Waals surface area contributed by atoms with E-state index in [1.165, 1.54) is 0 Å². The van der Waals surface area contributed by atoms with Gasteiger partial charge in [0.05, 0.1) is 23.1 Å². The maximum Gasteiger partial charge on any atom is 0.235 e. The maximum atomic E-state index is 12.3. The van der Waals surface area contributed by atoms with Crippen molar-refractivity contribution in [2.24, 2.45) is 0 Å². The molecule has 114 valence electrons. The van der Waals surface area contributed by atoms with E-state index in [1.807, 2.05) is 0 Å². The molecule has 0 amide bonds. The molecule has 0 aromatic heterocycles. The summed E-state index contributed by atoms with van der Waals surface area (Å²) < 4.78 is 27.3. The monoisotopic (exact) mass is 327 g/mol. The van der Waals surface area contributed by atoms with E-state index in [2.05, 4.69) is 16.6 Å². The molecule has 1 aromatic rings. The van der Waals surface area contributed by atoms with Crippen molar-refractivity contribution < 1.29 is 13.5 Å². The second-order valence-electron chi connectivity index (χ2n) is 5.02. The largest absolute Gasteiger partial charge is 0.395 e. The average molecular weight is 328 g/mol. The van der Waals surface area contributed by atoms with E-state index in [9.17, 15) is 8.42 Å². The summed E-state index contributed by atoms with van der Waals surface area (Å²) in [5.41, 5.74) is 0.967. The molecule has 0 radical (unpaired) electrons. The number of sulfonamides is 1. The van der Waals surface area contributed by atoms with Crippen molar-refractivity contribution in [1.29, 1.82) is 0 Å². The molecule has 1 fully saturated rings. The fourth-order valence-electron chi connectivity index (χ4n) is 2.36. The molecule has 1 aliphatic carbocycles. The summed E-state index contributed by atoms with van der Waals surface area (Å²) in [6.45, 7) is -0.0311. The highest BCUT2D eigenvalue weighted by Gasteiger charge is 2.29. The number of nitrogens with one attached hydrogen (secondary N) is 1. The molecular formula is C15H18ClNO3S. The molecule has 1 aliphatic rings. The Morgan fingerprint density at radius 2 is 2.05 bits per heavy atom. The summed E-state index contributed by atoms with van der Waals surface area (Å²) in [6.07, 6.45) is 3.65. The summed E-state index contributed by atoms with van der Waals surface area (Å²) in [5, 5.41) is 8.92. The quantitative estimate of drug-likeness (QED) is 0.836. The van der Waals surface area contributed by atoms with E-state index < -0.39 is 10.0 Å². The van der Waals surface area contributed by atoms with Crippen LogP contribution in [-0.4, -0.2) is 25.4 Å². The predicted molar refractivity (Wildman–Crippen MR) is 84.8 cm³/mol. The molecule has 0 heterocycles. The van der Waals surface area contributed by atoms with Gasteiger partial charge in [0.15, 0.2) is 0 Å². The highest BCUT2D eigenvalue weighted by molar-refractivity contribution is 7.93. The summed E-state index contributed by atoms with van der Waals surface area (Å²) in [7, 11) is -3.39. The van der Waals surface area contributed by atoms with Crippen LogP contribution in [0.15, 0.2) is 18.2 Å². The number of hydrogen-bond donors (Lipinski definition) is 2. The van der Waals surface area contributed by atoms with Gasteiger partial charge in [-0.15, -0.1) is 0 Å². The molecule has 6 heteroatoms. The minimum Gasteiger partial charge on any atom is -0.395 e. The third-order valence-corrected chi connectivity index (χ3v) is 5.52. The van der Waals surface area contributed by atoms with Crippen LogP contribution in [-0.2, 0) is 10.0 Å². The molecule has 0 aliphatic heterocycles. The van der Waals surface area contributed by atoms with Crippen LogP contribution in [0.1, 0.15) is 37.7 Å². The van der Waals surface area contributed by atoms with Crippen molar-refractivity contribution in [3.8, 4) is 11.8 Å². The van der Waals surface area contributed by atoms with Crippen LogP contribution < -0.4 is 4.72 Å². The van der Waals surface area contributed by atoms with E-state index >= 15 is 0 Å². The van der Waals surface area contributed by atoms with Gasteiger partial charge in [-0.25, -0.2) is 8.42 Å². The number of hydrogen-bond acceptors (Lipinski definition) is 3. The van der Waals surface area contributed by atoms with Crippen LogP contribution in [0, 0.1) is 11.8 Å². The first kappa shape index (κ1) is 16.2. The van der Waals surface area contributed by atoms with Gasteiger partial charge < -0.3 is 5.11 Å². The molecule has 2 N–H and O–H groups in total. The zero-order valence-electron chi connectivity index (χ0n) is 11.6. The van der Waals surface area contributed by atoms with Crippen molar-refractivity contribution in [2.45, 2.75) is 37.4 Å². The van der Waals surface area contributed by atoms with E-state index in [-0.39, 0.29) is 11.9 Å². The molecule has 0 spiro atoms. The molecular weight excluding hydrogens is 310 g/mol. The predicted octanol–water partition coefficient (Wildman–Crippen LogP) is 2.76. The van der Waals surface area contributed by atoms with Crippen molar-refractivity contribution in [1.82, 2.24) is 0 Å². The fourth-order valence-corrected chi connectivity index (χ4v) is 4.13. The van der Waals surface area contributed by atoms with Gasteiger partial charge in [-0.1, -0.05) is 36.3 Å².